The Balaban J connectivity index is 2.22. The summed E-state index contributed by atoms with van der Waals surface area (Å²) in [6, 6.07) is 6.65. The third-order valence-corrected chi connectivity index (χ3v) is 5.01. The van der Waals surface area contributed by atoms with Crippen LogP contribution < -0.4 is 10.1 Å². The molecule has 2 aromatic carbocycles. The zero-order valence-electron chi connectivity index (χ0n) is 12.2. The molecule has 0 saturated carbocycles. The normalized spacial score (nSPS) is 10.9. The first kappa shape index (κ1) is 19.6. The minimum Gasteiger partial charge on any atom is -0.495 e. The Bertz CT molecular complexity index is 825. The van der Waals surface area contributed by atoms with Gasteiger partial charge in [0.15, 0.2) is 0 Å². The van der Waals surface area contributed by atoms with E-state index in [9.17, 15) is 4.79 Å². The number of carbonyl (C=O) groups is 1. The van der Waals surface area contributed by atoms with Crippen molar-refractivity contribution in [3.05, 3.63) is 59.9 Å². The second kappa shape index (κ2) is 8.59. The van der Waals surface area contributed by atoms with Gasteiger partial charge in [-0.25, -0.2) is 0 Å². The van der Waals surface area contributed by atoms with Crippen molar-refractivity contribution in [2.45, 2.75) is 0 Å². The third kappa shape index (κ3) is 4.90. The van der Waals surface area contributed by atoms with Gasteiger partial charge >= 0.3 is 0 Å². The molecule has 0 aliphatic rings. The Hall–Kier alpha value is -0.720. The molecule has 1 amide bonds. The minimum atomic E-state index is -0.367. The van der Waals surface area contributed by atoms with Crippen molar-refractivity contribution in [2.75, 3.05) is 12.4 Å². The van der Waals surface area contributed by atoms with E-state index in [4.69, 9.17) is 39.5 Å². The number of anilines is 1. The van der Waals surface area contributed by atoms with Crippen LogP contribution in [0.2, 0.25) is 15.1 Å². The highest BCUT2D eigenvalue weighted by atomic mass is 79.9. The van der Waals surface area contributed by atoms with Crippen LogP contribution in [-0.4, -0.2) is 13.0 Å². The Labute approximate surface area is 171 Å². The molecule has 0 aliphatic carbocycles. The maximum atomic E-state index is 12.1. The molecule has 0 fully saturated rings. The smallest absolute Gasteiger partial charge is 0.248 e. The topological polar surface area (TPSA) is 38.3 Å². The Kier molecular flexibility index (Phi) is 7.01. The molecule has 0 radical (unpaired) electrons. The summed E-state index contributed by atoms with van der Waals surface area (Å²) >= 11 is 24.6. The summed E-state index contributed by atoms with van der Waals surface area (Å²) in [6.45, 7) is 0. The fourth-order valence-electron chi connectivity index (χ4n) is 1.88. The molecule has 0 aliphatic heterocycles. The molecule has 24 heavy (non-hydrogen) atoms. The number of halogens is 5. The first-order valence-electron chi connectivity index (χ1n) is 6.48. The molecule has 0 aromatic heterocycles. The lowest BCUT2D eigenvalue weighted by molar-refractivity contribution is -0.111. The van der Waals surface area contributed by atoms with Crippen LogP contribution in [0.3, 0.4) is 0 Å². The van der Waals surface area contributed by atoms with Crippen molar-refractivity contribution in [3.8, 4) is 5.75 Å². The highest BCUT2D eigenvalue weighted by molar-refractivity contribution is 9.11. The summed E-state index contributed by atoms with van der Waals surface area (Å²) in [5, 5.41) is 3.57. The van der Waals surface area contributed by atoms with Crippen molar-refractivity contribution in [1.82, 2.24) is 0 Å². The maximum absolute atomic E-state index is 12.1. The molecule has 0 unspecified atom stereocenters. The molecule has 0 bridgehead atoms. The van der Waals surface area contributed by atoms with E-state index < -0.39 is 0 Å². The summed E-state index contributed by atoms with van der Waals surface area (Å²) < 4.78 is 6.95. The lowest BCUT2D eigenvalue weighted by Gasteiger charge is -2.09. The van der Waals surface area contributed by atoms with Gasteiger partial charge in [-0.15, -0.1) is 0 Å². The summed E-state index contributed by atoms with van der Waals surface area (Å²) in [7, 11) is 1.56. The molecule has 3 nitrogen and oxygen atoms in total. The number of ether oxygens (including phenoxy) is 1. The zero-order valence-corrected chi connectivity index (χ0v) is 17.6. The van der Waals surface area contributed by atoms with E-state index in [1.165, 1.54) is 18.2 Å². The summed E-state index contributed by atoms with van der Waals surface area (Å²) in [6.07, 6.45) is 3.00. The van der Waals surface area contributed by atoms with Gasteiger partial charge in [0.05, 0.1) is 32.3 Å². The average molecular weight is 514 g/mol. The second-order valence-corrected chi connectivity index (χ2v) is 7.57. The molecular weight excluding hydrogens is 504 g/mol. The predicted octanol–water partition coefficient (Wildman–Crippen LogP) is 6.83. The molecule has 0 spiro atoms. The molecule has 8 heteroatoms. The van der Waals surface area contributed by atoms with Crippen LogP contribution in [0.25, 0.3) is 6.08 Å². The molecule has 0 atom stereocenters. The summed E-state index contributed by atoms with van der Waals surface area (Å²) in [4.78, 5) is 12.1. The van der Waals surface area contributed by atoms with Crippen LogP contribution in [0.5, 0.6) is 5.75 Å². The number of carbonyl (C=O) groups excluding carboxylic acids is 1. The fourth-order valence-corrected chi connectivity index (χ4v) is 3.89. The SMILES string of the molecule is COc1c(Br)cc(Br)cc1/C=C/C(=O)Nc1cc(Cl)c(Cl)cc1Cl. The Morgan fingerprint density at radius 1 is 1.08 bits per heavy atom. The first-order chi connectivity index (χ1) is 11.3. The maximum Gasteiger partial charge on any atom is 0.248 e. The molecule has 126 valence electrons. The van der Waals surface area contributed by atoms with Gasteiger partial charge in [-0.3, -0.25) is 4.79 Å². The van der Waals surface area contributed by atoms with E-state index >= 15 is 0 Å². The number of hydrogen-bond donors (Lipinski definition) is 1. The van der Waals surface area contributed by atoms with E-state index in [0.717, 1.165) is 14.5 Å². The van der Waals surface area contributed by atoms with Crippen LogP contribution in [0.1, 0.15) is 5.56 Å². The summed E-state index contributed by atoms with van der Waals surface area (Å²) in [5.41, 5.74) is 1.11. The van der Waals surface area contributed by atoms with Crippen LogP contribution in [0, 0.1) is 0 Å². The number of rotatable bonds is 4. The molecule has 0 saturated heterocycles. The first-order valence-corrected chi connectivity index (χ1v) is 9.20. The second-order valence-electron chi connectivity index (χ2n) is 4.58. The third-order valence-electron chi connectivity index (χ3n) is 2.92. The van der Waals surface area contributed by atoms with Crippen molar-refractivity contribution in [3.63, 3.8) is 0 Å². The molecule has 2 rings (SSSR count). The molecule has 1 N–H and O–H groups in total. The highest BCUT2D eigenvalue weighted by Crippen LogP contribution is 2.34. The number of benzene rings is 2. The lowest BCUT2D eigenvalue weighted by atomic mass is 10.2. The number of nitrogens with one attached hydrogen (secondary N) is 1. The van der Waals surface area contributed by atoms with Gasteiger partial charge in [-0.1, -0.05) is 50.7 Å². The van der Waals surface area contributed by atoms with Crippen molar-refractivity contribution in [1.29, 1.82) is 0 Å². The van der Waals surface area contributed by atoms with Gasteiger partial charge in [0.25, 0.3) is 0 Å². The van der Waals surface area contributed by atoms with Gasteiger partial charge in [0, 0.05) is 16.1 Å². The standard InChI is InChI=1S/C16H10Br2Cl3NO2/c1-24-16-8(4-9(17)5-10(16)18)2-3-15(23)22-14-7-12(20)11(19)6-13(14)21/h2-7H,1H3,(H,22,23)/b3-2+. The van der Waals surface area contributed by atoms with Gasteiger partial charge in [0.1, 0.15) is 5.75 Å². The van der Waals surface area contributed by atoms with Crippen molar-refractivity contribution in [2.24, 2.45) is 0 Å². The Morgan fingerprint density at radius 3 is 2.42 bits per heavy atom. The molecule has 0 heterocycles. The van der Waals surface area contributed by atoms with E-state index in [0.29, 0.717) is 26.5 Å². The van der Waals surface area contributed by atoms with E-state index in [-0.39, 0.29) is 5.91 Å². The van der Waals surface area contributed by atoms with E-state index in [1.54, 1.807) is 13.2 Å². The van der Waals surface area contributed by atoms with Gasteiger partial charge in [-0.2, -0.15) is 0 Å². The van der Waals surface area contributed by atoms with Crippen LogP contribution in [0.15, 0.2) is 39.3 Å². The van der Waals surface area contributed by atoms with E-state index in [2.05, 4.69) is 37.2 Å². The van der Waals surface area contributed by atoms with E-state index in [1.807, 2.05) is 12.1 Å². The predicted molar refractivity (Wildman–Crippen MR) is 108 cm³/mol. The van der Waals surface area contributed by atoms with Gasteiger partial charge < -0.3 is 10.1 Å². The average Bonchev–Trinajstić information content (AvgIpc) is 2.50. The van der Waals surface area contributed by atoms with Gasteiger partial charge in [-0.05, 0) is 46.3 Å². The minimum absolute atomic E-state index is 0.300. The van der Waals surface area contributed by atoms with Crippen LogP contribution >= 0.6 is 66.7 Å². The van der Waals surface area contributed by atoms with Gasteiger partial charge in [0.2, 0.25) is 5.91 Å². The van der Waals surface area contributed by atoms with Crippen LogP contribution in [0.4, 0.5) is 5.69 Å². The Morgan fingerprint density at radius 2 is 1.75 bits per heavy atom. The number of amides is 1. The molecular formula is C16H10Br2Cl3NO2. The summed E-state index contributed by atoms with van der Waals surface area (Å²) in [5.74, 6) is 0.253. The number of hydrogen-bond acceptors (Lipinski definition) is 2. The highest BCUT2D eigenvalue weighted by Gasteiger charge is 2.10. The number of methoxy groups -OCH3 is 1. The molecule has 2 aromatic rings. The largest absolute Gasteiger partial charge is 0.495 e. The quantitative estimate of drug-likeness (QED) is 0.359. The fraction of sp³-hybridized carbons (Fsp3) is 0.0625. The van der Waals surface area contributed by atoms with Crippen molar-refractivity contribution >= 4 is 84.3 Å². The van der Waals surface area contributed by atoms with Crippen molar-refractivity contribution < 1.29 is 9.53 Å². The lowest BCUT2D eigenvalue weighted by Crippen LogP contribution is -2.08. The monoisotopic (exact) mass is 511 g/mol. The van der Waals surface area contributed by atoms with Crippen LogP contribution in [-0.2, 0) is 4.79 Å². The zero-order chi connectivity index (χ0) is 17.9.